The van der Waals surface area contributed by atoms with Gasteiger partial charge in [-0.15, -0.1) is 0 Å². The summed E-state index contributed by atoms with van der Waals surface area (Å²) in [7, 11) is 0. The number of aliphatic hydroxyl groups excluding tert-OH is 1. The third kappa shape index (κ3) is 5.53. The Morgan fingerprint density at radius 3 is 2.53 bits per heavy atom. The lowest BCUT2D eigenvalue weighted by molar-refractivity contribution is 0.256. The second-order valence-corrected chi connectivity index (χ2v) is 5.31. The van der Waals surface area contributed by atoms with Crippen molar-refractivity contribution < 1.29 is 5.11 Å². The molecular formula is C13H27NO. The van der Waals surface area contributed by atoms with Gasteiger partial charge in [-0.05, 0) is 38.1 Å². The molecule has 0 aliphatic heterocycles. The standard InChI is InChI=1S/C13H27NO/c1-11(7-8-15)10-14-12(2)9-13-5-3-4-6-13/h11-15H,3-10H2,1-2H3. The molecule has 0 saturated heterocycles. The van der Waals surface area contributed by atoms with E-state index in [9.17, 15) is 0 Å². The van der Waals surface area contributed by atoms with Crippen molar-refractivity contribution in [1.29, 1.82) is 0 Å². The molecule has 0 amide bonds. The zero-order chi connectivity index (χ0) is 11.1. The van der Waals surface area contributed by atoms with Crippen molar-refractivity contribution in [3.8, 4) is 0 Å². The number of aliphatic hydroxyl groups is 1. The Balaban J connectivity index is 2.04. The van der Waals surface area contributed by atoms with E-state index in [1.807, 2.05) is 0 Å². The summed E-state index contributed by atoms with van der Waals surface area (Å²) in [6.07, 6.45) is 8.03. The van der Waals surface area contributed by atoms with Crippen LogP contribution in [-0.4, -0.2) is 24.3 Å². The lowest BCUT2D eigenvalue weighted by atomic mass is 9.99. The van der Waals surface area contributed by atoms with Crippen molar-refractivity contribution >= 4 is 0 Å². The van der Waals surface area contributed by atoms with Crippen LogP contribution in [0.1, 0.15) is 52.4 Å². The van der Waals surface area contributed by atoms with Gasteiger partial charge in [-0.25, -0.2) is 0 Å². The van der Waals surface area contributed by atoms with Gasteiger partial charge in [-0.2, -0.15) is 0 Å². The highest BCUT2D eigenvalue weighted by Gasteiger charge is 2.17. The van der Waals surface area contributed by atoms with Gasteiger partial charge in [-0.3, -0.25) is 0 Å². The first-order valence-electron chi connectivity index (χ1n) is 6.56. The van der Waals surface area contributed by atoms with Crippen molar-refractivity contribution in [2.75, 3.05) is 13.2 Å². The molecule has 0 aromatic carbocycles. The summed E-state index contributed by atoms with van der Waals surface area (Å²) in [5, 5.41) is 12.4. The Kier molecular flexibility index (Phi) is 6.26. The average Bonchev–Trinajstić information content (AvgIpc) is 2.68. The second-order valence-electron chi connectivity index (χ2n) is 5.31. The van der Waals surface area contributed by atoms with Gasteiger partial charge >= 0.3 is 0 Å². The molecule has 0 spiro atoms. The number of hydrogen-bond acceptors (Lipinski definition) is 2. The summed E-state index contributed by atoms with van der Waals surface area (Å²) in [5.74, 6) is 1.57. The monoisotopic (exact) mass is 213 g/mol. The number of rotatable bonds is 7. The molecule has 2 N–H and O–H groups in total. The minimum absolute atomic E-state index is 0.319. The zero-order valence-corrected chi connectivity index (χ0v) is 10.3. The maximum absolute atomic E-state index is 8.80. The van der Waals surface area contributed by atoms with E-state index in [0.717, 1.165) is 18.9 Å². The van der Waals surface area contributed by atoms with Crippen molar-refractivity contribution in [1.82, 2.24) is 5.32 Å². The van der Waals surface area contributed by atoms with Crippen molar-refractivity contribution in [3.63, 3.8) is 0 Å². The molecule has 2 atom stereocenters. The fraction of sp³-hybridized carbons (Fsp3) is 1.00. The minimum Gasteiger partial charge on any atom is -0.396 e. The predicted octanol–water partition coefficient (Wildman–Crippen LogP) is 2.56. The lowest BCUT2D eigenvalue weighted by Gasteiger charge is -2.20. The molecule has 1 fully saturated rings. The minimum atomic E-state index is 0.319. The van der Waals surface area contributed by atoms with Crippen molar-refractivity contribution in [2.24, 2.45) is 11.8 Å². The highest BCUT2D eigenvalue weighted by Crippen LogP contribution is 2.28. The smallest absolute Gasteiger partial charge is 0.0434 e. The summed E-state index contributed by atoms with van der Waals surface area (Å²) >= 11 is 0. The predicted molar refractivity (Wildman–Crippen MR) is 64.9 cm³/mol. The van der Waals surface area contributed by atoms with E-state index in [1.165, 1.54) is 32.1 Å². The van der Waals surface area contributed by atoms with E-state index in [-0.39, 0.29) is 0 Å². The van der Waals surface area contributed by atoms with Gasteiger partial charge in [-0.1, -0.05) is 32.6 Å². The van der Waals surface area contributed by atoms with E-state index in [1.54, 1.807) is 0 Å². The number of hydrogen-bond donors (Lipinski definition) is 2. The molecule has 2 unspecified atom stereocenters. The first-order valence-corrected chi connectivity index (χ1v) is 6.56. The Bertz CT molecular complexity index is 155. The molecule has 15 heavy (non-hydrogen) atoms. The molecule has 1 rings (SSSR count). The highest BCUT2D eigenvalue weighted by molar-refractivity contribution is 4.73. The number of nitrogens with one attached hydrogen (secondary N) is 1. The first kappa shape index (κ1) is 13.0. The van der Waals surface area contributed by atoms with Crippen LogP contribution in [0.2, 0.25) is 0 Å². The normalized spacial score (nSPS) is 21.8. The summed E-state index contributed by atoms with van der Waals surface area (Å²) in [5.41, 5.74) is 0. The van der Waals surface area contributed by atoms with E-state index in [2.05, 4.69) is 19.2 Å². The van der Waals surface area contributed by atoms with Crippen LogP contribution in [0.15, 0.2) is 0 Å². The van der Waals surface area contributed by atoms with Gasteiger partial charge in [0.15, 0.2) is 0 Å². The Morgan fingerprint density at radius 2 is 1.93 bits per heavy atom. The second kappa shape index (κ2) is 7.24. The van der Waals surface area contributed by atoms with Gasteiger partial charge in [0.2, 0.25) is 0 Å². The van der Waals surface area contributed by atoms with Gasteiger partial charge in [0.1, 0.15) is 0 Å². The summed E-state index contributed by atoms with van der Waals surface area (Å²) < 4.78 is 0. The van der Waals surface area contributed by atoms with Crippen LogP contribution in [0.4, 0.5) is 0 Å². The molecule has 2 heteroatoms. The molecular weight excluding hydrogens is 186 g/mol. The van der Waals surface area contributed by atoms with Crippen LogP contribution in [-0.2, 0) is 0 Å². The topological polar surface area (TPSA) is 32.3 Å². The van der Waals surface area contributed by atoms with Crippen LogP contribution in [0.5, 0.6) is 0 Å². The Labute approximate surface area is 94.5 Å². The maximum atomic E-state index is 8.80. The van der Waals surface area contributed by atoms with Gasteiger partial charge in [0.05, 0.1) is 0 Å². The van der Waals surface area contributed by atoms with E-state index >= 15 is 0 Å². The van der Waals surface area contributed by atoms with Crippen LogP contribution < -0.4 is 5.32 Å². The molecule has 0 heterocycles. The van der Waals surface area contributed by atoms with Crippen molar-refractivity contribution in [3.05, 3.63) is 0 Å². The molecule has 0 aromatic rings. The molecule has 2 nitrogen and oxygen atoms in total. The molecule has 1 aliphatic rings. The summed E-state index contributed by atoms with van der Waals surface area (Å²) in [6.45, 7) is 5.86. The third-order valence-corrected chi connectivity index (χ3v) is 3.60. The van der Waals surface area contributed by atoms with E-state index < -0.39 is 0 Å². The maximum Gasteiger partial charge on any atom is 0.0434 e. The summed E-state index contributed by atoms with van der Waals surface area (Å²) in [4.78, 5) is 0. The van der Waals surface area contributed by atoms with E-state index in [4.69, 9.17) is 5.11 Å². The van der Waals surface area contributed by atoms with Crippen LogP contribution in [0, 0.1) is 11.8 Å². The lowest BCUT2D eigenvalue weighted by Crippen LogP contribution is -2.32. The Morgan fingerprint density at radius 1 is 1.27 bits per heavy atom. The molecule has 0 aromatic heterocycles. The fourth-order valence-electron chi connectivity index (χ4n) is 2.55. The van der Waals surface area contributed by atoms with Crippen molar-refractivity contribution in [2.45, 2.75) is 58.4 Å². The zero-order valence-electron chi connectivity index (χ0n) is 10.3. The molecule has 1 saturated carbocycles. The molecule has 90 valence electrons. The molecule has 1 aliphatic carbocycles. The quantitative estimate of drug-likeness (QED) is 0.681. The van der Waals surface area contributed by atoms with Crippen LogP contribution in [0.25, 0.3) is 0 Å². The highest BCUT2D eigenvalue weighted by atomic mass is 16.3. The van der Waals surface area contributed by atoms with Crippen LogP contribution in [0.3, 0.4) is 0 Å². The van der Waals surface area contributed by atoms with Gasteiger partial charge in [0.25, 0.3) is 0 Å². The molecule has 0 radical (unpaired) electrons. The average molecular weight is 213 g/mol. The third-order valence-electron chi connectivity index (χ3n) is 3.60. The van der Waals surface area contributed by atoms with Gasteiger partial charge in [0, 0.05) is 12.6 Å². The summed E-state index contributed by atoms with van der Waals surface area (Å²) in [6, 6.07) is 0.647. The van der Waals surface area contributed by atoms with E-state index in [0.29, 0.717) is 18.6 Å². The fourth-order valence-corrected chi connectivity index (χ4v) is 2.55. The first-order chi connectivity index (χ1) is 7.22. The van der Waals surface area contributed by atoms with Crippen LogP contribution >= 0.6 is 0 Å². The largest absolute Gasteiger partial charge is 0.396 e. The van der Waals surface area contributed by atoms with Gasteiger partial charge < -0.3 is 10.4 Å². The molecule has 0 bridgehead atoms. The SMILES string of the molecule is CC(CCO)CNC(C)CC1CCCC1. The Hall–Kier alpha value is -0.0800.